The van der Waals surface area contributed by atoms with Gasteiger partial charge in [0.25, 0.3) is 0 Å². The van der Waals surface area contributed by atoms with Gasteiger partial charge >= 0.3 is 5.97 Å². The van der Waals surface area contributed by atoms with Crippen LogP contribution in [0.3, 0.4) is 0 Å². The van der Waals surface area contributed by atoms with Gasteiger partial charge < -0.3 is 15.7 Å². The third-order valence-electron chi connectivity index (χ3n) is 1.78. The summed E-state index contributed by atoms with van der Waals surface area (Å²) in [5, 5.41) is 13.2. The van der Waals surface area contributed by atoms with Gasteiger partial charge in [-0.15, -0.1) is 0 Å². The summed E-state index contributed by atoms with van der Waals surface area (Å²) >= 11 is 0. The average Bonchev–Trinajstić information content (AvgIpc) is 2.31. The standard InChI is InChI=1S/C7H10N2O4/c1-3(10)8-4-2-5(7(12)13)9-6(4)11/h4-5H,2H2,1H3,(H,8,10)(H,9,11)(H,12,13)/t4-,5-/m0/s1. The smallest absolute Gasteiger partial charge is 0.326 e. The third-order valence-corrected chi connectivity index (χ3v) is 1.78. The summed E-state index contributed by atoms with van der Waals surface area (Å²) in [4.78, 5) is 32.1. The van der Waals surface area contributed by atoms with Crippen LogP contribution in [0.2, 0.25) is 0 Å². The van der Waals surface area contributed by atoms with Crippen LogP contribution in [0.1, 0.15) is 13.3 Å². The summed E-state index contributed by atoms with van der Waals surface area (Å²) in [5.41, 5.74) is 0. The van der Waals surface area contributed by atoms with Gasteiger partial charge in [0.15, 0.2) is 0 Å². The molecule has 1 heterocycles. The number of carbonyl (C=O) groups excluding carboxylic acids is 2. The van der Waals surface area contributed by atoms with Gasteiger partial charge in [0.05, 0.1) is 0 Å². The Morgan fingerprint density at radius 1 is 1.62 bits per heavy atom. The number of hydrogen-bond donors (Lipinski definition) is 3. The first-order chi connectivity index (χ1) is 6.00. The predicted octanol–water partition coefficient (Wildman–Crippen LogP) is -1.54. The lowest BCUT2D eigenvalue weighted by Gasteiger charge is -2.05. The fourth-order valence-corrected chi connectivity index (χ4v) is 1.21. The first kappa shape index (κ1) is 9.50. The minimum absolute atomic E-state index is 0.105. The largest absolute Gasteiger partial charge is 0.480 e. The average molecular weight is 186 g/mol. The van der Waals surface area contributed by atoms with Crippen molar-refractivity contribution in [2.24, 2.45) is 0 Å². The molecule has 1 saturated heterocycles. The maximum absolute atomic E-state index is 11.0. The fraction of sp³-hybridized carbons (Fsp3) is 0.571. The van der Waals surface area contributed by atoms with E-state index in [4.69, 9.17) is 5.11 Å². The maximum Gasteiger partial charge on any atom is 0.326 e. The van der Waals surface area contributed by atoms with Gasteiger partial charge in [-0.25, -0.2) is 4.79 Å². The first-order valence-electron chi connectivity index (χ1n) is 3.81. The summed E-state index contributed by atoms with van der Waals surface area (Å²) in [6.07, 6.45) is 0.105. The fourth-order valence-electron chi connectivity index (χ4n) is 1.21. The van der Waals surface area contributed by atoms with Crippen molar-refractivity contribution in [2.45, 2.75) is 25.4 Å². The SMILES string of the molecule is CC(=O)N[C@H]1C[C@@H](C(=O)O)NC1=O. The van der Waals surface area contributed by atoms with Gasteiger partial charge in [0.2, 0.25) is 11.8 Å². The topological polar surface area (TPSA) is 95.5 Å². The van der Waals surface area contributed by atoms with E-state index in [1.165, 1.54) is 6.92 Å². The molecule has 6 nitrogen and oxygen atoms in total. The molecule has 1 aliphatic heterocycles. The van der Waals surface area contributed by atoms with Crippen LogP contribution in [0.25, 0.3) is 0 Å². The zero-order valence-electron chi connectivity index (χ0n) is 7.03. The Morgan fingerprint density at radius 2 is 2.23 bits per heavy atom. The van der Waals surface area contributed by atoms with E-state index < -0.39 is 24.0 Å². The Labute approximate surface area is 74.3 Å². The number of carboxylic acids is 1. The van der Waals surface area contributed by atoms with Crippen molar-refractivity contribution in [1.29, 1.82) is 0 Å². The van der Waals surface area contributed by atoms with Crippen molar-refractivity contribution in [2.75, 3.05) is 0 Å². The van der Waals surface area contributed by atoms with Gasteiger partial charge in [-0.05, 0) is 0 Å². The monoisotopic (exact) mass is 186 g/mol. The van der Waals surface area contributed by atoms with Crippen molar-refractivity contribution in [3.63, 3.8) is 0 Å². The molecular formula is C7H10N2O4. The second kappa shape index (κ2) is 3.42. The lowest BCUT2D eigenvalue weighted by Crippen LogP contribution is -2.39. The van der Waals surface area contributed by atoms with E-state index in [2.05, 4.69) is 10.6 Å². The van der Waals surface area contributed by atoms with Crippen LogP contribution in [0.4, 0.5) is 0 Å². The molecule has 0 unspecified atom stereocenters. The molecule has 0 aromatic carbocycles. The van der Waals surface area contributed by atoms with Crippen LogP contribution < -0.4 is 10.6 Å². The lowest BCUT2D eigenvalue weighted by atomic mass is 10.2. The predicted molar refractivity (Wildman–Crippen MR) is 41.8 cm³/mol. The van der Waals surface area contributed by atoms with Crippen molar-refractivity contribution in [1.82, 2.24) is 10.6 Å². The number of nitrogens with one attached hydrogen (secondary N) is 2. The van der Waals surface area contributed by atoms with Crippen molar-refractivity contribution >= 4 is 17.8 Å². The van der Waals surface area contributed by atoms with E-state index in [9.17, 15) is 14.4 Å². The van der Waals surface area contributed by atoms with Crippen LogP contribution >= 0.6 is 0 Å². The number of amides is 2. The Bertz CT molecular complexity index is 263. The zero-order valence-corrected chi connectivity index (χ0v) is 7.03. The van der Waals surface area contributed by atoms with Crippen LogP contribution in [0.15, 0.2) is 0 Å². The highest BCUT2D eigenvalue weighted by Crippen LogP contribution is 2.07. The van der Waals surface area contributed by atoms with Crippen LogP contribution in [-0.2, 0) is 14.4 Å². The molecule has 2 amide bonds. The Morgan fingerprint density at radius 3 is 2.62 bits per heavy atom. The quantitative estimate of drug-likeness (QED) is 0.487. The van der Waals surface area contributed by atoms with Crippen LogP contribution in [0, 0.1) is 0 Å². The van der Waals surface area contributed by atoms with E-state index in [1.54, 1.807) is 0 Å². The lowest BCUT2D eigenvalue weighted by molar-refractivity contribution is -0.140. The number of carboxylic acid groups (broad SMARTS) is 1. The molecule has 0 bridgehead atoms. The number of hydrogen-bond acceptors (Lipinski definition) is 3. The highest BCUT2D eigenvalue weighted by molar-refractivity contribution is 5.93. The highest BCUT2D eigenvalue weighted by Gasteiger charge is 2.36. The van der Waals surface area contributed by atoms with Crippen molar-refractivity contribution < 1.29 is 19.5 Å². The van der Waals surface area contributed by atoms with E-state index >= 15 is 0 Å². The molecule has 6 heteroatoms. The molecule has 1 aliphatic rings. The van der Waals surface area contributed by atoms with E-state index in [0.717, 1.165) is 0 Å². The minimum Gasteiger partial charge on any atom is -0.480 e. The maximum atomic E-state index is 11.0. The second-order valence-corrected chi connectivity index (χ2v) is 2.89. The summed E-state index contributed by atoms with van der Waals surface area (Å²) in [6, 6.07) is -1.59. The van der Waals surface area contributed by atoms with Crippen LogP contribution in [0.5, 0.6) is 0 Å². The number of rotatable bonds is 2. The molecule has 1 fully saturated rings. The van der Waals surface area contributed by atoms with Gasteiger partial charge in [-0.1, -0.05) is 0 Å². The molecule has 72 valence electrons. The van der Waals surface area contributed by atoms with Gasteiger partial charge in [0.1, 0.15) is 12.1 Å². The van der Waals surface area contributed by atoms with Gasteiger partial charge in [-0.3, -0.25) is 9.59 Å². The molecule has 2 atom stereocenters. The van der Waals surface area contributed by atoms with Gasteiger partial charge in [0, 0.05) is 13.3 Å². The molecule has 0 saturated carbocycles. The molecule has 1 rings (SSSR count). The molecular weight excluding hydrogens is 176 g/mol. The highest BCUT2D eigenvalue weighted by atomic mass is 16.4. The van der Waals surface area contributed by atoms with Crippen molar-refractivity contribution in [3.05, 3.63) is 0 Å². The van der Waals surface area contributed by atoms with Crippen molar-refractivity contribution in [3.8, 4) is 0 Å². The second-order valence-electron chi connectivity index (χ2n) is 2.89. The third kappa shape index (κ3) is 2.17. The molecule has 0 spiro atoms. The summed E-state index contributed by atoms with van der Waals surface area (Å²) in [5.74, 6) is -1.87. The summed E-state index contributed by atoms with van der Waals surface area (Å²) in [6.45, 7) is 1.28. The Kier molecular flexibility index (Phi) is 2.50. The molecule has 0 aromatic heterocycles. The van der Waals surface area contributed by atoms with E-state index in [-0.39, 0.29) is 12.3 Å². The number of carbonyl (C=O) groups is 3. The van der Waals surface area contributed by atoms with E-state index in [0.29, 0.717) is 0 Å². The zero-order chi connectivity index (χ0) is 10.0. The van der Waals surface area contributed by atoms with Gasteiger partial charge in [-0.2, -0.15) is 0 Å². The minimum atomic E-state index is -1.08. The molecule has 0 radical (unpaired) electrons. The molecule has 0 aromatic rings. The molecule has 3 N–H and O–H groups in total. The summed E-state index contributed by atoms with van der Waals surface area (Å²) in [7, 11) is 0. The van der Waals surface area contributed by atoms with E-state index in [1.807, 2.05) is 0 Å². The summed E-state index contributed by atoms with van der Waals surface area (Å²) < 4.78 is 0. The molecule has 13 heavy (non-hydrogen) atoms. The number of aliphatic carboxylic acids is 1. The Hall–Kier alpha value is -1.59. The normalized spacial score (nSPS) is 26.7. The van der Waals surface area contributed by atoms with Crippen LogP contribution in [-0.4, -0.2) is 35.0 Å². The Balaban J connectivity index is 2.56. The first-order valence-corrected chi connectivity index (χ1v) is 3.81. The molecule has 0 aliphatic carbocycles.